The predicted molar refractivity (Wildman–Crippen MR) is 54.4 cm³/mol. The van der Waals surface area contributed by atoms with Gasteiger partial charge in [0.05, 0.1) is 11.2 Å². The predicted octanol–water partition coefficient (Wildman–Crippen LogP) is 2.92. The smallest absolute Gasteiger partial charge is 0.0738 e. The van der Waals surface area contributed by atoms with Crippen molar-refractivity contribution in [3.05, 3.63) is 36.4 Å². The number of aromatic amines is 1. The molecule has 1 heterocycles. The number of unbranched alkanes of at least 4 members (excludes halogenated alkanes) is 1. The number of benzene rings is 1. The van der Waals surface area contributed by atoms with E-state index >= 15 is 0 Å². The maximum atomic E-state index is 4.25. The first-order chi connectivity index (χ1) is 6.42. The van der Waals surface area contributed by atoms with Crippen LogP contribution in [0, 0.1) is 6.42 Å². The topological polar surface area (TPSA) is 28.7 Å². The zero-order chi connectivity index (χ0) is 9.10. The van der Waals surface area contributed by atoms with Gasteiger partial charge >= 0.3 is 0 Å². The molecular formula is C11H13N2. The molecule has 2 aromatic rings. The minimum atomic E-state index is 1.08. The first-order valence-electron chi connectivity index (χ1n) is 4.68. The SMILES string of the molecule is CCC[CH]c1n[nH]c2ccccc12. The maximum absolute atomic E-state index is 4.25. The van der Waals surface area contributed by atoms with Crippen molar-refractivity contribution in [3.63, 3.8) is 0 Å². The van der Waals surface area contributed by atoms with E-state index in [1.165, 1.54) is 11.8 Å². The molecule has 0 aliphatic heterocycles. The summed E-state index contributed by atoms with van der Waals surface area (Å²) in [5.41, 5.74) is 2.20. The summed E-state index contributed by atoms with van der Waals surface area (Å²) in [4.78, 5) is 0. The Morgan fingerprint density at radius 1 is 1.38 bits per heavy atom. The van der Waals surface area contributed by atoms with Crippen LogP contribution in [0.3, 0.4) is 0 Å². The Bertz CT molecular complexity index is 390. The highest BCUT2D eigenvalue weighted by molar-refractivity contribution is 5.82. The Balaban J connectivity index is 2.35. The first kappa shape index (κ1) is 8.30. The van der Waals surface area contributed by atoms with Gasteiger partial charge in [-0.05, 0) is 12.5 Å². The van der Waals surface area contributed by atoms with Gasteiger partial charge < -0.3 is 0 Å². The van der Waals surface area contributed by atoms with E-state index in [4.69, 9.17) is 0 Å². The Kier molecular flexibility index (Phi) is 2.30. The molecule has 0 aliphatic carbocycles. The van der Waals surface area contributed by atoms with Crippen LogP contribution in [-0.4, -0.2) is 10.2 Å². The Labute approximate surface area is 78.0 Å². The van der Waals surface area contributed by atoms with Crippen LogP contribution < -0.4 is 0 Å². The minimum Gasteiger partial charge on any atom is -0.278 e. The van der Waals surface area contributed by atoms with Crippen molar-refractivity contribution in [2.75, 3.05) is 0 Å². The summed E-state index contributed by atoms with van der Waals surface area (Å²) in [6.07, 6.45) is 4.44. The van der Waals surface area contributed by atoms with Gasteiger partial charge in [0, 0.05) is 11.8 Å². The summed E-state index contributed by atoms with van der Waals surface area (Å²) in [5, 5.41) is 8.49. The summed E-state index contributed by atoms with van der Waals surface area (Å²) >= 11 is 0. The van der Waals surface area contributed by atoms with Crippen LogP contribution in [0.5, 0.6) is 0 Å². The number of hydrogen-bond acceptors (Lipinski definition) is 1. The van der Waals surface area contributed by atoms with Crippen LogP contribution in [0.15, 0.2) is 24.3 Å². The van der Waals surface area contributed by atoms with Crippen LogP contribution in [0.4, 0.5) is 0 Å². The molecule has 1 aromatic carbocycles. The van der Waals surface area contributed by atoms with Crippen LogP contribution in [0.25, 0.3) is 10.9 Å². The van der Waals surface area contributed by atoms with E-state index < -0.39 is 0 Å². The summed E-state index contributed by atoms with van der Waals surface area (Å²) in [6.45, 7) is 2.17. The number of nitrogens with zero attached hydrogens (tertiary/aromatic N) is 1. The van der Waals surface area contributed by atoms with Gasteiger partial charge in [-0.25, -0.2) is 0 Å². The fourth-order valence-corrected chi connectivity index (χ4v) is 1.42. The third-order valence-corrected chi connectivity index (χ3v) is 2.13. The molecule has 0 atom stereocenters. The second kappa shape index (κ2) is 3.60. The lowest BCUT2D eigenvalue weighted by Gasteiger charge is -1.93. The van der Waals surface area contributed by atoms with Crippen LogP contribution in [-0.2, 0) is 0 Å². The molecule has 0 saturated heterocycles. The van der Waals surface area contributed by atoms with Crippen molar-refractivity contribution >= 4 is 10.9 Å². The average molecular weight is 173 g/mol. The van der Waals surface area contributed by atoms with Crippen LogP contribution in [0.2, 0.25) is 0 Å². The van der Waals surface area contributed by atoms with Crippen molar-refractivity contribution in [2.45, 2.75) is 19.8 Å². The van der Waals surface area contributed by atoms with E-state index in [1.807, 2.05) is 18.2 Å². The summed E-state index contributed by atoms with van der Waals surface area (Å²) < 4.78 is 0. The fourth-order valence-electron chi connectivity index (χ4n) is 1.42. The van der Waals surface area contributed by atoms with Gasteiger partial charge in [-0.1, -0.05) is 31.5 Å². The third kappa shape index (κ3) is 1.57. The number of H-pyrrole nitrogens is 1. The number of nitrogens with one attached hydrogen (secondary N) is 1. The monoisotopic (exact) mass is 173 g/mol. The summed E-state index contributed by atoms with van der Waals surface area (Å²) in [5.74, 6) is 0. The summed E-state index contributed by atoms with van der Waals surface area (Å²) in [7, 11) is 0. The highest BCUT2D eigenvalue weighted by atomic mass is 15.1. The van der Waals surface area contributed by atoms with E-state index in [0.717, 1.165) is 17.6 Å². The molecule has 0 saturated carbocycles. The molecule has 1 aromatic heterocycles. The van der Waals surface area contributed by atoms with Crippen LogP contribution in [0.1, 0.15) is 25.5 Å². The fraction of sp³-hybridized carbons (Fsp3) is 0.273. The van der Waals surface area contributed by atoms with Gasteiger partial charge in [0.1, 0.15) is 0 Å². The molecule has 0 amide bonds. The molecule has 1 N–H and O–H groups in total. The van der Waals surface area contributed by atoms with Gasteiger partial charge in [-0.2, -0.15) is 5.10 Å². The molecule has 67 valence electrons. The maximum Gasteiger partial charge on any atom is 0.0738 e. The lowest BCUT2D eigenvalue weighted by atomic mass is 10.1. The van der Waals surface area contributed by atoms with Crippen molar-refractivity contribution in [1.29, 1.82) is 0 Å². The molecule has 2 heteroatoms. The normalized spacial score (nSPS) is 10.8. The van der Waals surface area contributed by atoms with Gasteiger partial charge in [-0.15, -0.1) is 0 Å². The quantitative estimate of drug-likeness (QED) is 0.759. The molecule has 13 heavy (non-hydrogen) atoms. The van der Waals surface area contributed by atoms with E-state index in [0.29, 0.717) is 0 Å². The molecule has 0 fully saturated rings. The molecule has 0 unspecified atom stereocenters. The molecular weight excluding hydrogens is 160 g/mol. The Morgan fingerprint density at radius 3 is 3.08 bits per heavy atom. The highest BCUT2D eigenvalue weighted by Crippen LogP contribution is 2.17. The second-order valence-corrected chi connectivity index (χ2v) is 3.15. The number of hydrogen-bond donors (Lipinski definition) is 1. The Morgan fingerprint density at radius 2 is 2.23 bits per heavy atom. The average Bonchev–Trinajstić information content (AvgIpc) is 2.58. The lowest BCUT2D eigenvalue weighted by molar-refractivity contribution is 0.896. The number of aromatic nitrogens is 2. The van der Waals surface area contributed by atoms with E-state index in [-0.39, 0.29) is 0 Å². The van der Waals surface area contributed by atoms with E-state index in [9.17, 15) is 0 Å². The zero-order valence-corrected chi connectivity index (χ0v) is 7.75. The van der Waals surface area contributed by atoms with Crippen molar-refractivity contribution < 1.29 is 0 Å². The van der Waals surface area contributed by atoms with Gasteiger partial charge in [-0.3, -0.25) is 5.10 Å². The van der Waals surface area contributed by atoms with Gasteiger partial charge in [0.25, 0.3) is 0 Å². The van der Waals surface area contributed by atoms with E-state index in [2.05, 4.69) is 29.6 Å². The van der Waals surface area contributed by atoms with Crippen molar-refractivity contribution in [2.24, 2.45) is 0 Å². The van der Waals surface area contributed by atoms with E-state index in [1.54, 1.807) is 0 Å². The summed E-state index contributed by atoms with van der Waals surface area (Å²) in [6, 6.07) is 8.21. The number of para-hydroxylation sites is 1. The first-order valence-corrected chi connectivity index (χ1v) is 4.68. The van der Waals surface area contributed by atoms with Gasteiger partial charge in [0.15, 0.2) is 0 Å². The van der Waals surface area contributed by atoms with Gasteiger partial charge in [0.2, 0.25) is 0 Å². The highest BCUT2D eigenvalue weighted by Gasteiger charge is 2.02. The minimum absolute atomic E-state index is 1.08. The molecule has 0 bridgehead atoms. The Hall–Kier alpha value is -1.31. The molecule has 2 rings (SSSR count). The number of rotatable bonds is 3. The van der Waals surface area contributed by atoms with Crippen molar-refractivity contribution in [1.82, 2.24) is 10.2 Å². The standard InChI is InChI=1S/C11H13N2/c1-2-3-7-10-9-6-4-5-8-11(9)13-12-10/h4-8H,2-3H2,1H3,(H,12,13). The lowest BCUT2D eigenvalue weighted by Crippen LogP contribution is -1.81. The molecule has 0 aliphatic rings. The molecule has 1 radical (unpaired) electrons. The van der Waals surface area contributed by atoms with Crippen LogP contribution >= 0.6 is 0 Å². The zero-order valence-electron chi connectivity index (χ0n) is 7.75. The molecule has 0 spiro atoms. The largest absolute Gasteiger partial charge is 0.278 e. The van der Waals surface area contributed by atoms with Crippen molar-refractivity contribution in [3.8, 4) is 0 Å². The number of fused-ring (bicyclic) bond motifs is 1. The molecule has 2 nitrogen and oxygen atoms in total. The second-order valence-electron chi connectivity index (χ2n) is 3.15. The third-order valence-electron chi connectivity index (χ3n) is 2.13.